The Balaban J connectivity index is 1.67. The summed E-state index contributed by atoms with van der Waals surface area (Å²) in [6, 6.07) is 3.63. The number of rotatable bonds is 1. The molecule has 0 radical (unpaired) electrons. The van der Waals surface area contributed by atoms with E-state index in [0.717, 1.165) is 30.6 Å². The van der Waals surface area contributed by atoms with Crippen molar-refractivity contribution < 1.29 is 9.90 Å². The molecule has 0 bridgehead atoms. The number of fused-ring (bicyclic) bond motifs is 2. The van der Waals surface area contributed by atoms with E-state index in [2.05, 4.69) is 10.2 Å². The minimum Gasteiger partial charge on any atom is -0.378 e. The molecule has 1 saturated carbocycles. The number of carbonyl (C=O) groups excluding carboxylic acids is 1. The highest BCUT2D eigenvalue weighted by Crippen LogP contribution is 2.44. The second kappa shape index (κ2) is 4.37. The van der Waals surface area contributed by atoms with E-state index in [1.807, 2.05) is 6.07 Å². The van der Waals surface area contributed by atoms with Crippen molar-refractivity contribution in [2.45, 2.75) is 25.4 Å². The third kappa shape index (κ3) is 1.75. The van der Waals surface area contributed by atoms with Crippen LogP contribution in [-0.2, 0) is 4.79 Å². The lowest BCUT2D eigenvalue weighted by Crippen LogP contribution is -2.21. The highest BCUT2D eigenvalue weighted by molar-refractivity contribution is 6.33. The summed E-state index contributed by atoms with van der Waals surface area (Å²) in [5, 5.41) is 13.1. The normalized spacial score (nSPS) is 31.4. The summed E-state index contributed by atoms with van der Waals surface area (Å²) in [7, 11) is 0. The summed E-state index contributed by atoms with van der Waals surface area (Å²) in [5.74, 6) is 1.21. The molecule has 1 saturated heterocycles. The Morgan fingerprint density at radius 2 is 1.95 bits per heavy atom. The summed E-state index contributed by atoms with van der Waals surface area (Å²) in [6.07, 6.45) is 2.90. The molecule has 1 aromatic rings. The van der Waals surface area contributed by atoms with Crippen molar-refractivity contribution >= 4 is 28.9 Å². The van der Waals surface area contributed by atoms with Gasteiger partial charge in [0.15, 0.2) is 6.10 Å². The first kappa shape index (κ1) is 12.5. The molecule has 3 unspecified atom stereocenters. The first-order chi connectivity index (χ1) is 9.63. The van der Waals surface area contributed by atoms with Crippen LogP contribution >= 0.6 is 11.6 Å². The molecule has 2 N–H and O–H groups in total. The number of aliphatic hydroxyl groups is 1. The number of aliphatic hydroxyl groups excluding tert-OH is 1. The van der Waals surface area contributed by atoms with Gasteiger partial charge in [0.1, 0.15) is 0 Å². The van der Waals surface area contributed by atoms with Crippen LogP contribution in [0.4, 0.5) is 11.4 Å². The van der Waals surface area contributed by atoms with Crippen molar-refractivity contribution in [3.05, 3.63) is 22.7 Å². The molecule has 4 nitrogen and oxygen atoms in total. The number of halogens is 1. The minimum atomic E-state index is -1.09. The standard InChI is InChI=1S/C15H17ClN2O2/c16-11-4-10-12(17-15(20)14(10)19)5-13(11)18-6-8-2-1-3-9(8)7-18/h4-5,8-9,14,19H,1-3,6-7H2,(H,17,20). The average Bonchev–Trinajstić information content (AvgIpc) is 3.05. The lowest BCUT2D eigenvalue weighted by molar-refractivity contribution is -0.123. The molecule has 1 aromatic carbocycles. The highest BCUT2D eigenvalue weighted by Gasteiger charge is 2.37. The molecule has 4 rings (SSSR count). The van der Waals surface area contributed by atoms with Gasteiger partial charge >= 0.3 is 0 Å². The van der Waals surface area contributed by atoms with E-state index in [1.54, 1.807) is 6.07 Å². The van der Waals surface area contributed by atoms with Crippen LogP contribution in [0.3, 0.4) is 0 Å². The fraction of sp³-hybridized carbons (Fsp3) is 0.533. The third-order valence-corrected chi connectivity index (χ3v) is 5.29. The fourth-order valence-electron chi connectivity index (χ4n) is 3.93. The van der Waals surface area contributed by atoms with Gasteiger partial charge in [0.25, 0.3) is 5.91 Å². The van der Waals surface area contributed by atoms with Gasteiger partial charge in [0, 0.05) is 24.3 Å². The smallest absolute Gasteiger partial charge is 0.257 e. The van der Waals surface area contributed by atoms with Crippen LogP contribution in [-0.4, -0.2) is 24.1 Å². The van der Waals surface area contributed by atoms with Crippen LogP contribution in [0.2, 0.25) is 5.02 Å². The Morgan fingerprint density at radius 1 is 1.25 bits per heavy atom. The monoisotopic (exact) mass is 292 g/mol. The number of hydrogen-bond donors (Lipinski definition) is 2. The van der Waals surface area contributed by atoms with Gasteiger partial charge in [-0.1, -0.05) is 18.0 Å². The Hall–Kier alpha value is -1.26. The molecule has 0 spiro atoms. The quantitative estimate of drug-likeness (QED) is 0.836. The summed E-state index contributed by atoms with van der Waals surface area (Å²) in [5.41, 5.74) is 2.26. The first-order valence-corrected chi connectivity index (χ1v) is 7.58. The number of nitrogens with zero attached hydrogens (tertiary/aromatic N) is 1. The molecular formula is C15H17ClN2O2. The number of benzene rings is 1. The molecule has 3 aliphatic rings. The summed E-state index contributed by atoms with van der Waals surface area (Å²) in [4.78, 5) is 13.8. The first-order valence-electron chi connectivity index (χ1n) is 7.21. The number of anilines is 2. The maximum atomic E-state index is 11.5. The van der Waals surface area contributed by atoms with Gasteiger partial charge in [-0.3, -0.25) is 4.79 Å². The minimum absolute atomic E-state index is 0.369. The van der Waals surface area contributed by atoms with Gasteiger partial charge in [0.2, 0.25) is 0 Å². The molecule has 0 aromatic heterocycles. The zero-order valence-electron chi connectivity index (χ0n) is 11.1. The number of carbonyl (C=O) groups is 1. The van der Waals surface area contributed by atoms with Crippen LogP contribution in [0.5, 0.6) is 0 Å². The van der Waals surface area contributed by atoms with E-state index in [0.29, 0.717) is 16.3 Å². The van der Waals surface area contributed by atoms with Crippen molar-refractivity contribution in [3.8, 4) is 0 Å². The summed E-state index contributed by atoms with van der Waals surface area (Å²) >= 11 is 6.37. The summed E-state index contributed by atoms with van der Waals surface area (Å²) in [6.45, 7) is 2.11. The number of nitrogens with one attached hydrogen (secondary N) is 1. The Morgan fingerprint density at radius 3 is 2.65 bits per heavy atom. The van der Waals surface area contributed by atoms with Crippen LogP contribution in [0.15, 0.2) is 12.1 Å². The topological polar surface area (TPSA) is 52.6 Å². The van der Waals surface area contributed by atoms with Crippen LogP contribution in [0.25, 0.3) is 0 Å². The van der Waals surface area contributed by atoms with Crippen LogP contribution < -0.4 is 10.2 Å². The molecule has 5 heteroatoms. The van der Waals surface area contributed by atoms with Crippen molar-refractivity contribution in [2.75, 3.05) is 23.3 Å². The van der Waals surface area contributed by atoms with E-state index in [1.165, 1.54) is 19.3 Å². The van der Waals surface area contributed by atoms with Gasteiger partial charge in [-0.25, -0.2) is 0 Å². The SMILES string of the molecule is O=C1Nc2cc(N3CC4CCCC4C3)c(Cl)cc2C1O. The molecule has 1 aliphatic carbocycles. The molecule has 1 amide bonds. The van der Waals surface area contributed by atoms with Gasteiger partial charge in [-0.15, -0.1) is 0 Å². The average molecular weight is 293 g/mol. The molecule has 20 heavy (non-hydrogen) atoms. The molecule has 2 aliphatic heterocycles. The maximum Gasteiger partial charge on any atom is 0.257 e. The second-order valence-corrected chi connectivity index (χ2v) is 6.55. The lowest BCUT2D eigenvalue weighted by Gasteiger charge is -2.22. The van der Waals surface area contributed by atoms with E-state index in [4.69, 9.17) is 11.6 Å². The predicted octanol–water partition coefficient (Wildman–Crippen LogP) is 2.56. The van der Waals surface area contributed by atoms with Crippen molar-refractivity contribution in [3.63, 3.8) is 0 Å². The Labute approximate surface area is 122 Å². The molecule has 2 fully saturated rings. The molecule has 3 atom stereocenters. The molecular weight excluding hydrogens is 276 g/mol. The van der Waals surface area contributed by atoms with E-state index < -0.39 is 6.10 Å². The van der Waals surface area contributed by atoms with E-state index in [9.17, 15) is 9.90 Å². The van der Waals surface area contributed by atoms with Gasteiger partial charge in [-0.05, 0) is 36.8 Å². The second-order valence-electron chi connectivity index (χ2n) is 6.14. The Bertz CT molecular complexity index is 577. The van der Waals surface area contributed by atoms with Crippen LogP contribution in [0.1, 0.15) is 30.9 Å². The van der Waals surface area contributed by atoms with Gasteiger partial charge in [-0.2, -0.15) is 0 Å². The van der Waals surface area contributed by atoms with Gasteiger partial charge < -0.3 is 15.3 Å². The fourth-order valence-corrected chi connectivity index (χ4v) is 4.22. The van der Waals surface area contributed by atoms with E-state index in [-0.39, 0.29) is 5.91 Å². The number of hydrogen-bond acceptors (Lipinski definition) is 3. The lowest BCUT2D eigenvalue weighted by atomic mass is 10.0. The largest absolute Gasteiger partial charge is 0.378 e. The van der Waals surface area contributed by atoms with Crippen molar-refractivity contribution in [2.24, 2.45) is 11.8 Å². The van der Waals surface area contributed by atoms with Gasteiger partial charge in [0.05, 0.1) is 10.7 Å². The maximum absolute atomic E-state index is 11.5. The van der Waals surface area contributed by atoms with Crippen molar-refractivity contribution in [1.29, 1.82) is 0 Å². The highest BCUT2D eigenvalue weighted by atomic mass is 35.5. The number of amides is 1. The molecule has 2 heterocycles. The van der Waals surface area contributed by atoms with E-state index >= 15 is 0 Å². The summed E-state index contributed by atoms with van der Waals surface area (Å²) < 4.78 is 0. The van der Waals surface area contributed by atoms with Crippen molar-refractivity contribution in [1.82, 2.24) is 0 Å². The van der Waals surface area contributed by atoms with Crippen LogP contribution in [0, 0.1) is 11.8 Å². The zero-order valence-corrected chi connectivity index (χ0v) is 11.9. The predicted molar refractivity (Wildman–Crippen MR) is 78.1 cm³/mol. The Kier molecular flexibility index (Phi) is 2.72. The zero-order chi connectivity index (χ0) is 13.9. The molecule has 106 valence electrons. The third-order valence-electron chi connectivity index (χ3n) is 4.99.